The minimum atomic E-state index is 0.553. The number of methoxy groups -OCH3 is 1. The largest absolute Gasteiger partial charge is 0.497 e. The second kappa shape index (κ2) is 5.53. The van der Waals surface area contributed by atoms with Crippen molar-refractivity contribution in [3.63, 3.8) is 0 Å². The Morgan fingerprint density at radius 2 is 1.63 bits per heavy atom. The second-order valence-corrected chi connectivity index (χ2v) is 5.17. The van der Waals surface area contributed by atoms with Crippen LogP contribution in [0.2, 0.25) is 0 Å². The molecule has 0 aliphatic rings. The van der Waals surface area contributed by atoms with Gasteiger partial charge in [-0.2, -0.15) is 0 Å². The summed E-state index contributed by atoms with van der Waals surface area (Å²) in [5.74, 6) is 2.12. The zero-order valence-corrected chi connectivity index (χ0v) is 12.7. The summed E-state index contributed by atoms with van der Waals surface area (Å²) in [6.07, 6.45) is 0. The Morgan fingerprint density at radius 3 is 2.16 bits per heavy atom. The van der Waals surface area contributed by atoms with E-state index in [1.165, 1.54) is 0 Å². The number of benzene rings is 2. The molecule has 0 saturated heterocycles. The van der Waals surface area contributed by atoms with Gasteiger partial charge in [0, 0.05) is 10.5 Å². The highest BCUT2D eigenvalue weighted by molar-refractivity contribution is 9.10. The van der Waals surface area contributed by atoms with E-state index >= 15 is 0 Å². The molecular formula is C15H16BrNO2. The van der Waals surface area contributed by atoms with Crippen LogP contribution in [0.1, 0.15) is 11.1 Å². The van der Waals surface area contributed by atoms with Crippen LogP contribution in [0, 0.1) is 13.8 Å². The zero-order valence-electron chi connectivity index (χ0n) is 11.2. The van der Waals surface area contributed by atoms with Gasteiger partial charge in [0.2, 0.25) is 0 Å². The molecule has 0 unspecified atom stereocenters. The highest BCUT2D eigenvalue weighted by Crippen LogP contribution is 2.33. The van der Waals surface area contributed by atoms with Crippen LogP contribution < -0.4 is 15.2 Å². The van der Waals surface area contributed by atoms with Crippen LogP contribution in [0.4, 0.5) is 5.69 Å². The van der Waals surface area contributed by atoms with Crippen LogP contribution in [-0.4, -0.2) is 7.11 Å². The maximum atomic E-state index is 5.94. The predicted molar refractivity (Wildman–Crippen MR) is 81.1 cm³/mol. The van der Waals surface area contributed by atoms with Crippen molar-refractivity contribution in [1.29, 1.82) is 0 Å². The Morgan fingerprint density at radius 1 is 1.00 bits per heavy atom. The van der Waals surface area contributed by atoms with Crippen LogP contribution in [0.25, 0.3) is 0 Å². The highest BCUT2D eigenvalue weighted by atomic mass is 79.9. The van der Waals surface area contributed by atoms with Gasteiger partial charge in [-0.3, -0.25) is 0 Å². The Kier molecular flexibility index (Phi) is 4.00. The van der Waals surface area contributed by atoms with Gasteiger partial charge in [0.05, 0.1) is 12.8 Å². The van der Waals surface area contributed by atoms with Gasteiger partial charge in [0.25, 0.3) is 0 Å². The number of halogens is 1. The van der Waals surface area contributed by atoms with Gasteiger partial charge in [-0.05, 0) is 49.2 Å². The fourth-order valence-electron chi connectivity index (χ4n) is 1.84. The maximum absolute atomic E-state index is 5.94. The molecule has 4 heteroatoms. The number of hydrogen-bond donors (Lipinski definition) is 1. The molecule has 0 aliphatic heterocycles. The number of hydrogen-bond acceptors (Lipinski definition) is 3. The van der Waals surface area contributed by atoms with Crippen LogP contribution in [0.3, 0.4) is 0 Å². The molecule has 0 amide bonds. The average molecular weight is 322 g/mol. The summed E-state index contributed by atoms with van der Waals surface area (Å²) < 4.78 is 12.0. The van der Waals surface area contributed by atoms with Crippen molar-refractivity contribution < 1.29 is 9.47 Å². The first-order valence-electron chi connectivity index (χ1n) is 5.89. The number of nitrogen functional groups attached to an aromatic ring is 1. The van der Waals surface area contributed by atoms with E-state index < -0.39 is 0 Å². The van der Waals surface area contributed by atoms with Crippen LogP contribution in [-0.2, 0) is 0 Å². The predicted octanol–water partition coefficient (Wildman–Crippen LogP) is 4.45. The molecule has 2 aromatic carbocycles. The van der Waals surface area contributed by atoms with Crippen molar-refractivity contribution >= 4 is 21.6 Å². The molecule has 0 heterocycles. The lowest BCUT2D eigenvalue weighted by Crippen LogP contribution is -1.94. The lowest BCUT2D eigenvalue weighted by molar-refractivity contribution is 0.413. The van der Waals surface area contributed by atoms with Crippen molar-refractivity contribution in [3.8, 4) is 17.2 Å². The average Bonchev–Trinajstić information content (AvgIpc) is 2.38. The van der Waals surface area contributed by atoms with Crippen molar-refractivity contribution in [2.24, 2.45) is 0 Å². The number of ether oxygens (including phenoxy) is 2. The topological polar surface area (TPSA) is 44.5 Å². The van der Waals surface area contributed by atoms with E-state index in [-0.39, 0.29) is 0 Å². The van der Waals surface area contributed by atoms with E-state index in [2.05, 4.69) is 15.9 Å². The molecule has 0 spiro atoms. The van der Waals surface area contributed by atoms with Gasteiger partial charge >= 0.3 is 0 Å². The molecule has 0 bridgehead atoms. The Labute approximate surface area is 121 Å². The molecule has 0 radical (unpaired) electrons. The quantitative estimate of drug-likeness (QED) is 0.849. The molecule has 0 saturated carbocycles. The van der Waals surface area contributed by atoms with E-state index in [9.17, 15) is 0 Å². The van der Waals surface area contributed by atoms with Crippen LogP contribution in [0.15, 0.2) is 34.8 Å². The molecule has 100 valence electrons. The van der Waals surface area contributed by atoms with Crippen molar-refractivity contribution in [2.45, 2.75) is 13.8 Å². The standard InChI is InChI=1S/C15H16BrNO2/c1-9-6-12(7-10(2)15(9)16)19-14-5-4-11(18-3)8-13(14)17/h4-8H,17H2,1-3H3. The second-order valence-electron chi connectivity index (χ2n) is 4.38. The SMILES string of the molecule is COc1ccc(Oc2cc(C)c(Br)c(C)c2)c(N)c1. The number of rotatable bonds is 3. The normalized spacial score (nSPS) is 10.3. The van der Waals surface area contributed by atoms with Gasteiger partial charge in [-0.1, -0.05) is 15.9 Å². The summed E-state index contributed by atoms with van der Waals surface area (Å²) in [4.78, 5) is 0. The maximum Gasteiger partial charge on any atom is 0.150 e. The summed E-state index contributed by atoms with van der Waals surface area (Å²) in [5.41, 5.74) is 8.74. The third-order valence-corrected chi connectivity index (χ3v) is 4.11. The number of anilines is 1. The molecule has 0 atom stereocenters. The summed E-state index contributed by atoms with van der Waals surface area (Å²) in [5, 5.41) is 0. The van der Waals surface area contributed by atoms with E-state index in [0.29, 0.717) is 17.2 Å². The fraction of sp³-hybridized carbons (Fsp3) is 0.200. The van der Waals surface area contributed by atoms with Gasteiger partial charge in [0.15, 0.2) is 5.75 Å². The lowest BCUT2D eigenvalue weighted by atomic mass is 10.1. The molecule has 0 aromatic heterocycles. The fourth-order valence-corrected chi connectivity index (χ4v) is 2.07. The Balaban J connectivity index is 2.31. The monoisotopic (exact) mass is 321 g/mol. The molecule has 19 heavy (non-hydrogen) atoms. The van der Waals surface area contributed by atoms with Crippen molar-refractivity contribution in [2.75, 3.05) is 12.8 Å². The Hall–Kier alpha value is -1.68. The van der Waals surface area contributed by atoms with Gasteiger partial charge < -0.3 is 15.2 Å². The smallest absolute Gasteiger partial charge is 0.150 e. The molecule has 3 nitrogen and oxygen atoms in total. The minimum Gasteiger partial charge on any atom is -0.497 e. The number of aryl methyl sites for hydroxylation is 2. The van der Waals surface area contributed by atoms with Crippen LogP contribution >= 0.6 is 15.9 Å². The van der Waals surface area contributed by atoms with Gasteiger partial charge in [-0.15, -0.1) is 0 Å². The molecule has 2 rings (SSSR count). The van der Waals surface area contributed by atoms with E-state index in [4.69, 9.17) is 15.2 Å². The van der Waals surface area contributed by atoms with Crippen molar-refractivity contribution in [3.05, 3.63) is 45.9 Å². The lowest BCUT2D eigenvalue weighted by Gasteiger charge is -2.12. The first-order chi connectivity index (χ1) is 9.01. The van der Waals surface area contributed by atoms with Crippen LogP contribution in [0.5, 0.6) is 17.2 Å². The molecular weight excluding hydrogens is 306 g/mol. The van der Waals surface area contributed by atoms with E-state index in [1.807, 2.05) is 32.0 Å². The summed E-state index contributed by atoms with van der Waals surface area (Å²) in [6.45, 7) is 4.06. The van der Waals surface area contributed by atoms with Crippen molar-refractivity contribution in [1.82, 2.24) is 0 Å². The third-order valence-electron chi connectivity index (χ3n) is 2.85. The van der Waals surface area contributed by atoms with E-state index in [1.54, 1.807) is 19.2 Å². The minimum absolute atomic E-state index is 0.553. The first kappa shape index (κ1) is 13.7. The third kappa shape index (κ3) is 3.01. The molecule has 0 aliphatic carbocycles. The van der Waals surface area contributed by atoms with E-state index in [0.717, 1.165) is 21.3 Å². The summed E-state index contributed by atoms with van der Waals surface area (Å²) in [7, 11) is 1.61. The first-order valence-corrected chi connectivity index (χ1v) is 6.68. The van der Waals surface area contributed by atoms with Gasteiger partial charge in [-0.25, -0.2) is 0 Å². The molecule has 2 N–H and O–H groups in total. The summed E-state index contributed by atoms with van der Waals surface area (Å²) >= 11 is 3.54. The van der Waals surface area contributed by atoms with Gasteiger partial charge in [0.1, 0.15) is 11.5 Å². The molecule has 0 fully saturated rings. The highest BCUT2D eigenvalue weighted by Gasteiger charge is 2.07. The number of nitrogens with two attached hydrogens (primary N) is 1. The zero-order chi connectivity index (χ0) is 14.0. The molecule has 2 aromatic rings. The Bertz CT molecular complexity index is 588. The summed E-state index contributed by atoms with van der Waals surface area (Å²) in [6, 6.07) is 9.32.